The number of hydrogen-bond donors (Lipinski definition) is 0. The van der Waals surface area contributed by atoms with Crippen molar-refractivity contribution >= 4 is 45.7 Å². The first kappa shape index (κ1) is 13.9. The Hall–Kier alpha value is 0.340. The van der Waals surface area contributed by atoms with Gasteiger partial charge in [-0.25, -0.2) is 0 Å². The van der Waals surface area contributed by atoms with Crippen molar-refractivity contribution in [3.05, 3.63) is 5.73 Å². The minimum Gasteiger partial charge on any atom is -0.676 e. The number of hydrogen-bond acceptors (Lipinski definition) is 2. The van der Waals surface area contributed by atoms with Crippen LogP contribution in [0.25, 0.3) is 5.73 Å². The first-order valence-electron chi connectivity index (χ1n) is 3.09. The standard InChI is InChI=1S/C5H12I2N3.Cf/c1-9(3-2-8)4-5-10(6)7;/h8H,2-5H2,1H3;/q-1;. The largest absolute Gasteiger partial charge is 0.676 e. The van der Waals surface area contributed by atoms with Gasteiger partial charge in [0, 0.05) is 58.8 Å². The van der Waals surface area contributed by atoms with Gasteiger partial charge >= 0.3 is 0 Å². The molecule has 0 aliphatic rings. The van der Waals surface area contributed by atoms with Crippen molar-refractivity contribution in [1.29, 1.82) is 0 Å². The molecule has 0 fully saturated rings. The first-order valence-corrected chi connectivity index (χ1v) is 5.02. The maximum Gasteiger partial charge on any atom is 0.0312 e. The van der Waals surface area contributed by atoms with E-state index in [1.807, 2.05) is 7.05 Å². The Bertz CT molecular complexity index is 84.1. The fourth-order valence-corrected chi connectivity index (χ4v) is 0.980. The van der Waals surface area contributed by atoms with Gasteiger partial charge in [-0.1, -0.05) is 0 Å². The van der Waals surface area contributed by atoms with E-state index < -0.39 is 0 Å². The number of halogens is 2. The summed E-state index contributed by atoms with van der Waals surface area (Å²) in [5, 5.41) is 0. The summed E-state index contributed by atoms with van der Waals surface area (Å²) in [5.74, 6) is 0. The molecule has 0 unspecified atom stereocenters. The molecule has 0 spiro atoms. The van der Waals surface area contributed by atoms with Crippen LogP contribution in [0.4, 0.5) is 0 Å². The second-order valence-corrected chi connectivity index (χ2v) is 6.26. The van der Waals surface area contributed by atoms with E-state index in [9.17, 15) is 0 Å². The number of rotatable bonds is 5. The van der Waals surface area contributed by atoms with Crippen molar-refractivity contribution < 1.29 is 0 Å². The predicted octanol–water partition coefficient (Wildman–Crippen LogP) is 1.97. The molecule has 0 heterocycles. The molecule has 0 saturated heterocycles. The van der Waals surface area contributed by atoms with E-state index in [-0.39, 0.29) is 0 Å². The van der Waals surface area contributed by atoms with Crippen molar-refractivity contribution in [2.75, 3.05) is 33.2 Å². The smallest absolute Gasteiger partial charge is 0.0312 e. The summed E-state index contributed by atoms with van der Waals surface area (Å²) in [6.45, 7) is 3.47. The zero-order chi connectivity index (χ0) is 7.98. The van der Waals surface area contributed by atoms with Crippen molar-refractivity contribution in [2.24, 2.45) is 0 Å². The van der Waals surface area contributed by atoms with Crippen LogP contribution in [0.3, 0.4) is 0 Å². The Labute approximate surface area is 90.3 Å². The third-order valence-corrected chi connectivity index (χ3v) is 2.11. The van der Waals surface area contributed by atoms with Gasteiger partial charge in [-0.3, -0.25) is 0 Å². The Kier molecular flexibility index (Phi) is 10.7. The summed E-state index contributed by atoms with van der Waals surface area (Å²) < 4.78 is 2.09. The first-order chi connectivity index (χ1) is 4.66. The summed E-state index contributed by atoms with van der Waals surface area (Å²) >= 11 is 4.50. The Morgan fingerprint density at radius 1 is 1.18 bits per heavy atom. The summed E-state index contributed by atoms with van der Waals surface area (Å²) in [5.41, 5.74) is 6.96. The zero-order valence-corrected chi connectivity index (χ0v) is 13.2. The maximum absolute atomic E-state index is 6.96. The SMILES string of the molecule is CN(CC[NH-])CCN(I)I.[Cf]. The summed E-state index contributed by atoms with van der Waals surface area (Å²) in [6.07, 6.45) is 0. The van der Waals surface area contributed by atoms with Crippen LogP contribution in [-0.4, -0.2) is 39.5 Å². The van der Waals surface area contributed by atoms with Gasteiger partial charge < -0.3 is 10.6 Å². The van der Waals surface area contributed by atoms with Crippen LogP contribution in [0.1, 0.15) is 0 Å². The van der Waals surface area contributed by atoms with Crippen molar-refractivity contribution in [3.8, 4) is 0 Å². The van der Waals surface area contributed by atoms with Gasteiger partial charge in [0.05, 0.1) is 0 Å². The van der Waals surface area contributed by atoms with Gasteiger partial charge in [-0.15, -0.1) is 6.54 Å². The van der Waals surface area contributed by atoms with E-state index in [0.29, 0.717) is 6.54 Å². The van der Waals surface area contributed by atoms with Gasteiger partial charge in [0.15, 0.2) is 0 Å². The second kappa shape index (κ2) is 8.44. The quantitative estimate of drug-likeness (QED) is 0.349. The van der Waals surface area contributed by atoms with E-state index in [1.165, 1.54) is 0 Å². The van der Waals surface area contributed by atoms with Gasteiger partial charge in [0.2, 0.25) is 0 Å². The molecule has 0 aromatic rings. The average molecular weight is 619 g/mol. The Morgan fingerprint density at radius 3 is 2.09 bits per heavy atom. The van der Waals surface area contributed by atoms with Crippen LogP contribution in [0.15, 0.2) is 0 Å². The molecule has 0 atom stereocenters. The van der Waals surface area contributed by atoms with Gasteiger partial charge in [-0.05, 0) is 13.6 Å². The second-order valence-electron chi connectivity index (χ2n) is 2.08. The molecule has 72 valence electrons. The van der Waals surface area contributed by atoms with Crippen LogP contribution >= 0.6 is 45.7 Å². The van der Waals surface area contributed by atoms with Crippen LogP contribution in [-0.2, 0) is 0 Å². The molecule has 0 amide bonds. The molecule has 0 bridgehead atoms. The fourth-order valence-electron chi connectivity index (χ4n) is 0.549. The fraction of sp³-hybridized carbons (Fsp3) is 1.00. The normalized spacial score (nSPS) is 10.4. The minimum absolute atomic E-state index is 0. The minimum atomic E-state index is 0. The average Bonchev–Trinajstić information content (AvgIpc) is 1.85. The maximum atomic E-state index is 6.96. The van der Waals surface area contributed by atoms with Crippen LogP contribution in [0.2, 0.25) is 0 Å². The molecular formula is C5H12CfI2N3-. The number of nitrogens with one attached hydrogen (secondary N) is 1. The molecule has 0 aliphatic carbocycles. The number of likely N-dealkylation sites (N-methyl/N-ethyl adjacent to an activating group) is 1. The molecule has 0 aromatic carbocycles. The molecule has 1 N–H and O–H groups in total. The van der Waals surface area contributed by atoms with Crippen LogP contribution in [0, 0.1) is 0 Å². The van der Waals surface area contributed by atoms with Gasteiger partial charge in [-0.2, -0.15) is 1.33 Å². The molecule has 11 heavy (non-hydrogen) atoms. The third-order valence-electron chi connectivity index (χ3n) is 1.14. The Balaban J connectivity index is 0. The van der Waals surface area contributed by atoms with E-state index in [2.05, 4.69) is 52.0 Å². The van der Waals surface area contributed by atoms with Crippen LogP contribution < -0.4 is 0 Å². The van der Waals surface area contributed by atoms with Crippen molar-refractivity contribution in [3.63, 3.8) is 0 Å². The monoisotopic (exact) mass is 617 g/mol. The topological polar surface area (TPSA) is 30.3 Å². The molecule has 6 heteroatoms. The molecule has 0 radical (unpaired) electrons. The number of nitrogens with zero attached hydrogens (tertiary/aromatic N) is 2. The van der Waals surface area contributed by atoms with E-state index in [1.54, 1.807) is 0 Å². The molecule has 3 nitrogen and oxygen atoms in total. The van der Waals surface area contributed by atoms with Gasteiger partial charge in [0.25, 0.3) is 0 Å². The van der Waals surface area contributed by atoms with Gasteiger partial charge in [0.1, 0.15) is 0 Å². The molecule has 0 rings (SSSR count). The Morgan fingerprint density at radius 2 is 1.73 bits per heavy atom. The summed E-state index contributed by atoms with van der Waals surface area (Å²) in [4.78, 5) is 2.16. The van der Waals surface area contributed by atoms with Crippen molar-refractivity contribution in [2.45, 2.75) is 0 Å². The van der Waals surface area contributed by atoms with Crippen LogP contribution in [0.5, 0.6) is 0 Å². The van der Waals surface area contributed by atoms with E-state index in [4.69, 9.17) is 5.73 Å². The summed E-state index contributed by atoms with van der Waals surface area (Å²) in [6, 6.07) is 0. The van der Waals surface area contributed by atoms with E-state index in [0.717, 1.165) is 19.6 Å². The molecule has 0 aliphatic heterocycles. The van der Waals surface area contributed by atoms with E-state index >= 15 is 0 Å². The summed E-state index contributed by atoms with van der Waals surface area (Å²) in [7, 11) is 2.05. The molecule has 0 saturated carbocycles. The molecule has 0 aromatic heterocycles. The third kappa shape index (κ3) is 10.3. The predicted molar refractivity (Wildman–Crippen MR) is 61.4 cm³/mol. The molecular weight excluding hydrogens is 607 g/mol. The zero-order valence-electron chi connectivity index (χ0n) is 6.30. The van der Waals surface area contributed by atoms with Crippen molar-refractivity contribution in [1.82, 2.24) is 6.23 Å².